The Kier molecular flexibility index (Phi) is 4.67. The first-order valence-corrected chi connectivity index (χ1v) is 6.11. The average Bonchev–Trinajstić information content (AvgIpc) is 2.85. The van der Waals surface area contributed by atoms with Crippen molar-refractivity contribution in [2.24, 2.45) is 0 Å². The van der Waals surface area contributed by atoms with Gasteiger partial charge in [-0.05, 0) is 25.1 Å². The summed E-state index contributed by atoms with van der Waals surface area (Å²) in [6, 6.07) is 6.91. The largest absolute Gasteiger partial charge is 0.491 e. The Morgan fingerprint density at radius 2 is 2.20 bits per heavy atom. The van der Waals surface area contributed by atoms with Gasteiger partial charge in [-0.1, -0.05) is 6.07 Å². The topological polar surface area (TPSA) is 89.1 Å². The van der Waals surface area contributed by atoms with Crippen molar-refractivity contribution in [2.75, 3.05) is 25.6 Å². The van der Waals surface area contributed by atoms with Crippen LogP contribution in [0.25, 0.3) is 0 Å². The molecule has 1 aromatic carbocycles. The second kappa shape index (κ2) is 6.67. The summed E-state index contributed by atoms with van der Waals surface area (Å²) < 4.78 is 10.4. The summed E-state index contributed by atoms with van der Waals surface area (Å²) in [5, 5.41) is 12.8. The second-order valence-corrected chi connectivity index (χ2v) is 4.08. The highest BCUT2D eigenvalue weighted by atomic mass is 16.5. The molecule has 7 heteroatoms. The number of methoxy groups -OCH3 is 1. The first kappa shape index (κ1) is 14.0. The Labute approximate surface area is 116 Å². The predicted octanol–water partition coefficient (Wildman–Crippen LogP) is 1.39. The number of amides is 1. The molecule has 2 rings (SSSR count). The van der Waals surface area contributed by atoms with Gasteiger partial charge >= 0.3 is 0 Å². The number of nitrogens with zero attached hydrogens (tertiary/aromatic N) is 2. The van der Waals surface area contributed by atoms with Crippen molar-refractivity contribution in [3.05, 3.63) is 35.5 Å². The van der Waals surface area contributed by atoms with Crippen molar-refractivity contribution in [3.63, 3.8) is 0 Å². The smallest absolute Gasteiger partial charge is 0.257 e. The van der Waals surface area contributed by atoms with Crippen molar-refractivity contribution in [3.8, 4) is 5.75 Å². The second-order valence-electron chi connectivity index (χ2n) is 4.08. The Hall–Kier alpha value is -2.41. The number of aryl methyl sites for hydroxylation is 1. The summed E-state index contributed by atoms with van der Waals surface area (Å²) in [6.45, 7) is 2.68. The SMILES string of the molecule is COCCOc1cccc(C(=O)Nc2n[nH]nc2C)c1. The molecule has 0 aliphatic carbocycles. The zero-order valence-electron chi connectivity index (χ0n) is 11.3. The summed E-state index contributed by atoms with van der Waals surface area (Å²) in [5.41, 5.74) is 1.12. The molecule has 0 atom stereocenters. The summed E-state index contributed by atoms with van der Waals surface area (Å²) in [7, 11) is 1.60. The number of H-pyrrole nitrogens is 1. The maximum atomic E-state index is 12.1. The number of carbonyl (C=O) groups excluding carboxylic acids is 1. The molecule has 2 N–H and O–H groups in total. The van der Waals surface area contributed by atoms with Crippen LogP contribution in [-0.2, 0) is 4.74 Å². The molecule has 2 aromatic rings. The molecule has 1 aromatic heterocycles. The number of anilines is 1. The van der Waals surface area contributed by atoms with Crippen molar-refractivity contribution in [2.45, 2.75) is 6.92 Å². The van der Waals surface area contributed by atoms with Gasteiger partial charge in [0.05, 0.1) is 6.61 Å². The van der Waals surface area contributed by atoms with E-state index in [1.807, 2.05) is 0 Å². The van der Waals surface area contributed by atoms with E-state index in [2.05, 4.69) is 20.7 Å². The zero-order valence-corrected chi connectivity index (χ0v) is 11.3. The number of hydrogen-bond acceptors (Lipinski definition) is 5. The molecule has 0 saturated carbocycles. The number of rotatable bonds is 6. The number of aromatic amines is 1. The van der Waals surface area contributed by atoms with E-state index in [1.54, 1.807) is 38.3 Å². The summed E-state index contributed by atoms with van der Waals surface area (Å²) >= 11 is 0. The normalized spacial score (nSPS) is 10.3. The minimum atomic E-state index is -0.265. The van der Waals surface area contributed by atoms with E-state index in [0.29, 0.717) is 36.0 Å². The lowest BCUT2D eigenvalue weighted by Crippen LogP contribution is -2.13. The van der Waals surface area contributed by atoms with Gasteiger partial charge < -0.3 is 14.8 Å². The summed E-state index contributed by atoms with van der Waals surface area (Å²) in [4.78, 5) is 12.1. The van der Waals surface area contributed by atoms with Crippen LogP contribution in [0.4, 0.5) is 5.82 Å². The first-order chi connectivity index (χ1) is 9.70. The predicted molar refractivity (Wildman–Crippen MR) is 72.9 cm³/mol. The van der Waals surface area contributed by atoms with Gasteiger partial charge in [0.15, 0.2) is 5.82 Å². The Morgan fingerprint density at radius 3 is 2.90 bits per heavy atom. The molecule has 0 spiro atoms. The number of aromatic nitrogens is 3. The number of hydrogen-bond donors (Lipinski definition) is 2. The minimum Gasteiger partial charge on any atom is -0.491 e. The van der Waals surface area contributed by atoms with Crippen molar-refractivity contribution < 1.29 is 14.3 Å². The molecule has 0 unspecified atom stereocenters. The third kappa shape index (κ3) is 3.55. The number of nitrogens with one attached hydrogen (secondary N) is 2. The Morgan fingerprint density at radius 1 is 1.35 bits per heavy atom. The number of ether oxygens (including phenoxy) is 2. The fraction of sp³-hybridized carbons (Fsp3) is 0.308. The van der Waals surface area contributed by atoms with Gasteiger partial charge in [0, 0.05) is 12.7 Å². The fourth-order valence-electron chi connectivity index (χ4n) is 1.55. The van der Waals surface area contributed by atoms with Gasteiger partial charge in [0.1, 0.15) is 18.1 Å². The van der Waals surface area contributed by atoms with Crippen molar-refractivity contribution >= 4 is 11.7 Å². The average molecular weight is 276 g/mol. The van der Waals surface area contributed by atoms with Crippen LogP contribution >= 0.6 is 0 Å². The summed E-state index contributed by atoms with van der Waals surface area (Å²) in [6.07, 6.45) is 0. The highest BCUT2D eigenvalue weighted by Crippen LogP contribution is 2.15. The maximum absolute atomic E-state index is 12.1. The molecule has 1 heterocycles. The third-order valence-corrected chi connectivity index (χ3v) is 2.61. The van der Waals surface area contributed by atoms with E-state index >= 15 is 0 Å². The molecular weight excluding hydrogens is 260 g/mol. The quantitative estimate of drug-likeness (QED) is 0.778. The van der Waals surface area contributed by atoms with Crippen LogP contribution in [0.3, 0.4) is 0 Å². The Balaban J connectivity index is 2.02. The molecule has 0 bridgehead atoms. The summed E-state index contributed by atoms with van der Waals surface area (Å²) in [5.74, 6) is 0.770. The highest BCUT2D eigenvalue weighted by Gasteiger charge is 2.10. The van der Waals surface area contributed by atoms with Gasteiger partial charge in [-0.15, -0.1) is 5.10 Å². The van der Waals surface area contributed by atoms with Gasteiger partial charge in [-0.2, -0.15) is 10.3 Å². The molecule has 0 saturated heterocycles. The van der Waals surface area contributed by atoms with Crippen LogP contribution in [0.15, 0.2) is 24.3 Å². The molecule has 0 fully saturated rings. The maximum Gasteiger partial charge on any atom is 0.257 e. The fourth-order valence-corrected chi connectivity index (χ4v) is 1.55. The van der Waals surface area contributed by atoms with Crippen molar-refractivity contribution in [1.82, 2.24) is 15.4 Å². The zero-order chi connectivity index (χ0) is 14.4. The van der Waals surface area contributed by atoms with Gasteiger partial charge in [0.25, 0.3) is 5.91 Å². The van der Waals surface area contributed by atoms with Crippen LogP contribution in [0.1, 0.15) is 16.1 Å². The molecule has 7 nitrogen and oxygen atoms in total. The van der Waals surface area contributed by atoms with E-state index < -0.39 is 0 Å². The molecule has 0 radical (unpaired) electrons. The third-order valence-electron chi connectivity index (χ3n) is 2.61. The molecule has 0 aliphatic heterocycles. The van der Waals surface area contributed by atoms with E-state index in [-0.39, 0.29) is 5.91 Å². The molecule has 106 valence electrons. The number of carbonyl (C=O) groups is 1. The van der Waals surface area contributed by atoms with Crippen molar-refractivity contribution in [1.29, 1.82) is 0 Å². The van der Waals surface area contributed by atoms with E-state index in [0.717, 1.165) is 0 Å². The molecule has 0 aliphatic rings. The van der Waals surface area contributed by atoms with E-state index in [1.165, 1.54) is 0 Å². The van der Waals surface area contributed by atoms with Crippen LogP contribution in [-0.4, -0.2) is 41.6 Å². The highest BCUT2D eigenvalue weighted by molar-refractivity contribution is 6.04. The van der Waals surface area contributed by atoms with Crippen LogP contribution < -0.4 is 10.1 Å². The molecular formula is C13H16N4O3. The van der Waals surface area contributed by atoms with Gasteiger partial charge in [0.2, 0.25) is 0 Å². The van der Waals surface area contributed by atoms with Crippen LogP contribution in [0, 0.1) is 6.92 Å². The van der Waals surface area contributed by atoms with Gasteiger partial charge in [-0.3, -0.25) is 4.79 Å². The monoisotopic (exact) mass is 276 g/mol. The minimum absolute atomic E-state index is 0.265. The van der Waals surface area contributed by atoms with Gasteiger partial charge in [-0.25, -0.2) is 0 Å². The first-order valence-electron chi connectivity index (χ1n) is 6.11. The van der Waals surface area contributed by atoms with Crippen LogP contribution in [0.5, 0.6) is 5.75 Å². The molecule has 1 amide bonds. The lowest BCUT2D eigenvalue weighted by molar-refractivity contribution is 0.102. The van der Waals surface area contributed by atoms with E-state index in [9.17, 15) is 4.79 Å². The Bertz CT molecular complexity index is 583. The lowest BCUT2D eigenvalue weighted by Gasteiger charge is -2.07. The number of benzene rings is 1. The standard InChI is InChI=1S/C13H16N4O3/c1-9-12(16-17-15-9)14-13(18)10-4-3-5-11(8-10)20-7-6-19-2/h3-5,8H,6-7H2,1-2H3,(H2,14,15,16,17,18). The van der Waals surface area contributed by atoms with E-state index in [4.69, 9.17) is 9.47 Å². The molecule has 20 heavy (non-hydrogen) atoms. The van der Waals surface area contributed by atoms with Crippen LogP contribution in [0.2, 0.25) is 0 Å². The lowest BCUT2D eigenvalue weighted by atomic mass is 10.2.